The molecule has 0 aliphatic carbocycles. The van der Waals surface area contributed by atoms with Crippen molar-refractivity contribution in [3.8, 4) is 0 Å². The highest BCUT2D eigenvalue weighted by Gasteiger charge is 2.26. The van der Waals surface area contributed by atoms with E-state index in [2.05, 4.69) is 10.4 Å². The standard InChI is InChI=1S/C13H20N4O2/c1-8-12(9(2)17(4)15-8)13(19)14-10-5-6-11(18)16(3)7-10/h10H,5-7H2,1-4H3,(H,14,19). The van der Waals surface area contributed by atoms with E-state index in [-0.39, 0.29) is 17.9 Å². The Hall–Kier alpha value is -1.85. The topological polar surface area (TPSA) is 67.2 Å². The highest BCUT2D eigenvalue weighted by atomic mass is 16.2. The van der Waals surface area contributed by atoms with Crippen LogP contribution < -0.4 is 5.32 Å². The van der Waals surface area contributed by atoms with E-state index in [1.807, 2.05) is 20.9 Å². The number of aryl methyl sites for hydroxylation is 2. The summed E-state index contributed by atoms with van der Waals surface area (Å²) in [4.78, 5) is 25.4. The number of piperidine rings is 1. The monoisotopic (exact) mass is 264 g/mol. The lowest BCUT2D eigenvalue weighted by molar-refractivity contribution is -0.132. The van der Waals surface area contributed by atoms with Crippen LogP contribution in [0.2, 0.25) is 0 Å². The molecule has 2 amide bonds. The highest BCUT2D eigenvalue weighted by Crippen LogP contribution is 2.14. The normalized spacial score (nSPS) is 19.7. The predicted molar refractivity (Wildman–Crippen MR) is 70.8 cm³/mol. The highest BCUT2D eigenvalue weighted by molar-refractivity contribution is 5.96. The van der Waals surface area contributed by atoms with Gasteiger partial charge in [0, 0.05) is 38.8 Å². The fourth-order valence-corrected chi connectivity index (χ4v) is 2.49. The molecule has 2 heterocycles. The quantitative estimate of drug-likeness (QED) is 0.840. The molecule has 0 aromatic carbocycles. The van der Waals surface area contributed by atoms with Crippen LogP contribution in [0.15, 0.2) is 0 Å². The maximum atomic E-state index is 12.3. The van der Waals surface area contributed by atoms with Crippen molar-refractivity contribution in [1.29, 1.82) is 0 Å². The molecule has 19 heavy (non-hydrogen) atoms. The number of hydrogen-bond donors (Lipinski definition) is 1. The molecule has 104 valence electrons. The molecule has 1 aromatic heterocycles. The molecule has 1 aliphatic heterocycles. The zero-order chi connectivity index (χ0) is 14.2. The third-order valence-corrected chi connectivity index (χ3v) is 3.70. The Morgan fingerprint density at radius 3 is 2.58 bits per heavy atom. The first-order valence-electron chi connectivity index (χ1n) is 6.45. The summed E-state index contributed by atoms with van der Waals surface area (Å²) in [6.07, 6.45) is 1.19. The molecule has 6 nitrogen and oxygen atoms in total. The van der Waals surface area contributed by atoms with Crippen LogP contribution in [-0.4, -0.2) is 46.1 Å². The Labute approximate surface area is 112 Å². The number of carbonyl (C=O) groups is 2. The van der Waals surface area contributed by atoms with Crippen LogP contribution in [-0.2, 0) is 11.8 Å². The van der Waals surface area contributed by atoms with E-state index < -0.39 is 0 Å². The van der Waals surface area contributed by atoms with E-state index in [0.717, 1.165) is 11.4 Å². The molecule has 2 rings (SSSR count). The molecule has 0 spiro atoms. The summed E-state index contributed by atoms with van der Waals surface area (Å²) in [6.45, 7) is 4.28. The van der Waals surface area contributed by atoms with E-state index >= 15 is 0 Å². The smallest absolute Gasteiger partial charge is 0.255 e. The van der Waals surface area contributed by atoms with Crippen LogP contribution in [0.5, 0.6) is 0 Å². The third kappa shape index (κ3) is 2.62. The van der Waals surface area contributed by atoms with E-state index in [9.17, 15) is 9.59 Å². The Bertz CT molecular complexity index is 521. The second-order valence-electron chi connectivity index (χ2n) is 5.15. The number of hydrogen-bond acceptors (Lipinski definition) is 3. The Morgan fingerprint density at radius 1 is 1.37 bits per heavy atom. The summed E-state index contributed by atoms with van der Waals surface area (Å²) >= 11 is 0. The fourth-order valence-electron chi connectivity index (χ4n) is 2.49. The molecule has 0 saturated carbocycles. The van der Waals surface area contributed by atoms with Gasteiger partial charge in [0.05, 0.1) is 11.3 Å². The Morgan fingerprint density at radius 2 is 2.05 bits per heavy atom. The zero-order valence-electron chi connectivity index (χ0n) is 11.9. The number of likely N-dealkylation sites (N-methyl/N-ethyl adjacent to an activating group) is 1. The largest absolute Gasteiger partial charge is 0.347 e. The lowest BCUT2D eigenvalue weighted by Crippen LogP contribution is -2.48. The van der Waals surface area contributed by atoms with Gasteiger partial charge in [-0.25, -0.2) is 0 Å². The van der Waals surface area contributed by atoms with Crippen molar-refractivity contribution in [1.82, 2.24) is 20.0 Å². The van der Waals surface area contributed by atoms with Crippen molar-refractivity contribution in [2.45, 2.75) is 32.7 Å². The van der Waals surface area contributed by atoms with Crippen molar-refractivity contribution in [2.75, 3.05) is 13.6 Å². The molecule has 6 heteroatoms. The molecule has 1 fully saturated rings. The maximum absolute atomic E-state index is 12.3. The average Bonchev–Trinajstić information content (AvgIpc) is 2.58. The van der Waals surface area contributed by atoms with Crippen molar-refractivity contribution < 1.29 is 9.59 Å². The van der Waals surface area contributed by atoms with Gasteiger partial charge in [-0.2, -0.15) is 5.10 Å². The predicted octanol–water partition coefficient (Wildman–Crippen LogP) is 0.388. The van der Waals surface area contributed by atoms with Crippen LogP contribution in [0.1, 0.15) is 34.6 Å². The van der Waals surface area contributed by atoms with E-state index in [1.165, 1.54) is 0 Å². The first-order valence-corrected chi connectivity index (χ1v) is 6.45. The number of nitrogens with one attached hydrogen (secondary N) is 1. The molecule has 0 radical (unpaired) electrons. The van der Waals surface area contributed by atoms with E-state index in [4.69, 9.17) is 0 Å². The van der Waals surface area contributed by atoms with Gasteiger partial charge in [-0.3, -0.25) is 14.3 Å². The summed E-state index contributed by atoms with van der Waals surface area (Å²) in [5.74, 6) is 0.0371. The molecule has 1 saturated heterocycles. The van der Waals surface area contributed by atoms with Crippen LogP contribution in [0.25, 0.3) is 0 Å². The number of aromatic nitrogens is 2. The van der Waals surface area contributed by atoms with Crippen LogP contribution in [0.4, 0.5) is 0 Å². The maximum Gasteiger partial charge on any atom is 0.255 e. The first-order chi connectivity index (χ1) is 8.90. The van der Waals surface area contributed by atoms with Crippen molar-refractivity contribution in [3.63, 3.8) is 0 Å². The van der Waals surface area contributed by atoms with Gasteiger partial charge in [-0.05, 0) is 20.3 Å². The summed E-state index contributed by atoms with van der Waals surface area (Å²) in [7, 11) is 3.59. The Balaban J connectivity index is 2.07. The fraction of sp³-hybridized carbons (Fsp3) is 0.615. The summed E-state index contributed by atoms with van der Waals surface area (Å²) in [5.41, 5.74) is 2.23. The SMILES string of the molecule is Cc1nn(C)c(C)c1C(=O)NC1CCC(=O)N(C)C1. The van der Waals surface area contributed by atoms with Gasteiger partial charge >= 0.3 is 0 Å². The minimum atomic E-state index is -0.101. The zero-order valence-corrected chi connectivity index (χ0v) is 11.9. The van der Waals surface area contributed by atoms with Crippen molar-refractivity contribution in [2.24, 2.45) is 7.05 Å². The number of carbonyl (C=O) groups excluding carboxylic acids is 2. The molecule has 1 unspecified atom stereocenters. The molecular weight excluding hydrogens is 244 g/mol. The molecule has 1 aromatic rings. The van der Waals surface area contributed by atoms with Crippen LogP contribution in [0.3, 0.4) is 0 Å². The van der Waals surface area contributed by atoms with Crippen molar-refractivity contribution in [3.05, 3.63) is 17.0 Å². The second kappa shape index (κ2) is 5.03. The van der Waals surface area contributed by atoms with E-state index in [1.54, 1.807) is 16.6 Å². The summed E-state index contributed by atoms with van der Waals surface area (Å²) in [5, 5.41) is 7.24. The Kier molecular flexibility index (Phi) is 3.59. The minimum Gasteiger partial charge on any atom is -0.347 e. The lowest BCUT2D eigenvalue weighted by atomic mass is 10.0. The summed E-state index contributed by atoms with van der Waals surface area (Å²) < 4.78 is 1.71. The van der Waals surface area contributed by atoms with Gasteiger partial charge in [0.1, 0.15) is 0 Å². The molecule has 0 bridgehead atoms. The lowest BCUT2D eigenvalue weighted by Gasteiger charge is -2.30. The molecule has 1 atom stereocenters. The molecular formula is C13H20N4O2. The number of likely N-dealkylation sites (tertiary alicyclic amines) is 1. The van der Waals surface area contributed by atoms with Gasteiger partial charge < -0.3 is 10.2 Å². The van der Waals surface area contributed by atoms with Crippen LogP contribution >= 0.6 is 0 Å². The summed E-state index contributed by atoms with van der Waals surface area (Å²) in [6, 6.07) is 0.0224. The third-order valence-electron chi connectivity index (χ3n) is 3.70. The number of amides is 2. The second-order valence-corrected chi connectivity index (χ2v) is 5.15. The average molecular weight is 264 g/mol. The van der Waals surface area contributed by atoms with Gasteiger partial charge in [0.25, 0.3) is 5.91 Å². The molecule has 1 aliphatic rings. The van der Waals surface area contributed by atoms with Gasteiger partial charge in [-0.15, -0.1) is 0 Å². The van der Waals surface area contributed by atoms with Crippen LogP contribution in [0, 0.1) is 13.8 Å². The van der Waals surface area contributed by atoms with Gasteiger partial charge in [0.15, 0.2) is 0 Å². The first kappa shape index (κ1) is 13.6. The van der Waals surface area contributed by atoms with E-state index in [0.29, 0.717) is 24.9 Å². The molecule has 1 N–H and O–H groups in total. The number of nitrogens with zero attached hydrogens (tertiary/aromatic N) is 3. The number of rotatable bonds is 2. The minimum absolute atomic E-state index is 0.0224. The van der Waals surface area contributed by atoms with Crippen molar-refractivity contribution >= 4 is 11.8 Å². The van der Waals surface area contributed by atoms with Gasteiger partial charge in [-0.1, -0.05) is 0 Å². The van der Waals surface area contributed by atoms with Gasteiger partial charge in [0.2, 0.25) is 5.91 Å².